The third kappa shape index (κ3) is 5.23. The summed E-state index contributed by atoms with van der Waals surface area (Å²) in [6.07, 6.45) is -4.36. The van der Waals surface area contributed by atoms with Crippen molar-refractivity contribution in [1.82, 2.24) is 5.06 Å². The van der Waals surface area contributed by atoms with Gasteiger partial charge in [0.15, 0.2) is 0 Å². The first-order valence-electron chi connectivity index (χ1n) is 8.01. The number of rotatable bonds is 4. The largest absolute Gasteiger partial charge is 0.416 e. The molecule has 0 bridgehead atoms. The summed E-state index contributed by atoms with van der Waals surface area (Å²) in [5, 5.41) is 13.6. The molecular formula is C19H21F3N2O2. The molecule has 140 valence electrons. The molecule has 0 fully saturated rings. The van der Waals surface area contributed by atoms with E-state index < -0.39 is 17.2 Å². The predicted molar refractivity (Wildman–Crippen MR) is 93.0 cm³/mol. The molecular weight excluding hydrogens is 345 g/mol. The van der Waals surface area contributed by atoms with Crippen molar-refractivity contribution < 1.29 is 23.2 Å². The smallest absolute Gasteiger partial charge is 0.356 e. The zero-order valence-electron chi connectivity index (χ0n) is 14.8. The molecule has 2 rings (SSSR count). The van der Waals surface area contributed by atoms with Crippen molar-refractivity contribution in [2.24, 2.45) is 5.41 Å². The van der Waals surface area contributed by atoms with E-state index in [9.17, 15) is 23.2 Å². The Kier molecular flexibility index (Phi) is 5.61. The van der Waals surface area contributed by atoms with Gasteiger partial charge in [0, 0.05) is 16.8 Å². The Balaban J connectivity index is 2.00. The van der Waals surface area contributed by atoms with E-state index >= 15 is 0 Å². The molecule has 2 N–H and O–H groups in total. The summed E-state index contributed by atoms with van der Waals surface area (Å²) in [5.41, 5.74) is 0.546. The van der Waals surface area contributed by atoms with Gasteiger partial charge in [0.25, 0.3) is 5.91 Å². The molecule has 0 unspecified atom stereocenters. The lowest BCUT2D eigenvalue weighted by molar-refractivity contribution is -0.177. The Morgan fingerprint density at radius 1 is 0.962 bits per heavy atom. The molecule has 0 aromatic heterocycles. The van der Waals surface area contributed by atoms with Crippen molar-refractivity contribution in [3.63, 3.8) is 0 Å². The van der Waals surface area contributed by atoms with Gasteiger partial charge in [0.05, 0.1) is 12.1 Å². The third-order valence-corrected chi connectivity index (χ3v) is 3.66. The Bertz CT molecular complexity index is 748. The van der Waals surface area contributed by atoms with E-state index in [2.05, 4.69) is 5.32 Å². The van der Waals surface area contributed by atoms with Crippen LogP contribution in [0.15, 0.2) is 48.5 Å². The molecule has 0 spiro atoms. The molecule has 26 heavy (non-hydrogen) atoms. The van der Waals surface area contributed by atoms with Crippen LogP contribution in [0.1, 0.15) is 31.9 Å². The van der Waals surface area contributed by atoms with Crippen molar-refractivity contribution in [1.29, 1.82) is 0 Å². The SMILES string of the molecule is CC(C)(C)C(=O)N(O)Cc1ccc(Nc2ccc(C(F)(F)F)cc2)cc1. The number of hydrogen-bond acceptors (Lipinski definition) is 3. The summed E-state index contributed by atoms with van der Waals surface area (Å²) in [7, 11) is 0. The summed E-state index contributed by atoms with van der Waals surface area (Å²) < 4.78 is 37.7. The molecule has 0 aliphatic rings. The lowest BCUT2D eigenvalue weighted by Gasteiger charge is -2.24. The van der Waals surface area contributed by atoms with Crippen LogP contribution in [0.2, 0.25) is 0 Å². The highest BCUT2D eigenvalue weighted by atomic mass is 19.4. The molecule has 4 nitrogen and oxygen atoms in total. The van der Waals surface area contributed by atoms with Crippen molar-refractivity contribution >= 4 is 17.3 Å². The molecule has 2 aromatic rings. The Morgan fingerprint density at radius 2 is 1.42 bits per heavy atom. The highest BCUT2D eigenvalue weighted by molar-refractivity contribution is 5.80. The lowest BCUT2D eigenvalue weighted by Crippen LogP contribution is -2.36. The molecule has 0 saturated carbocycles. The summed E-state index contributed by atoms with van der Waals surface area (Å²) in [6.45, 7) is 5.21. The number of amides is 1. The van der Waals surface area contributed by atoms with Gasteiger partial charge in [-0.25, -0.2) is 5.06 Å². The van der Waals surface area contributed by atoms with E-state index in [1.54, 1.807) is 45.0 Å². The van der Waals surface area contributed by atoms with Crippen molar-refractivity contribution in [2.75, 3.05) is 5.32 Å². The Labute approximate surface area is 150 Å². The fourth-order valence-electron chi connectivity index (χ4n) is 2.23. The molecule has 0 saturated heterocycles. The highest BCUT2D eigenvalue weighted by Gasteiger charge is 2.30. The van der Waals surface area contributed by atoms with Crippen LogP contribution in [0.25, 0.3) is 0 Å². The average Bonchev–Trinajstić information content (AvgIpc) is 2.54. The Morgan fingerprint density at radius 3 is 1.85 bits per heavy atom. The number of carbonyl (C=O) groups excluding carboxylic acids is 1. The number of halogens is 3. The maximum Gasteiger partial charge on any atom is 0.416 e. The first-order valence-corrected chi connectivity index (χ1v) is 8.01. The Hall–Kier alpha value is -2.54. The van der Waals surface area contributed by atoms with Gasteiger partial charge < -0.3 is 5.32 Å². The summed E-state index contributed by atoms with van der Waals surface area (Å²) in [6, 6.07) is 11.6. The summed E-state index contributed by atoms with van der Waals surface area (Å²) in [5.74, 6) is -0.385. The van der Waals surface area contributed by atoms with E-state index in [1.807, 2.05) is 0 Å². The second-order valence-electron chi connectivity index (χ2n) is 7.01. The molecule has 0 radical (unpaired) electrons. The van der Waals surface area contributed by atoms with Crippen LogP contribution in [0.5, 0.6) is 0 Å². The van der Waals surface area contributed by atoms with Gasteiger partial charge in [-0.05, 0) is 42.0 Å². The molecule has 0 aliphatic carbocycles. The fraction of sp³-hybridized carbons (Fsp3) is 0.316. The minimum absolute atomic E-state index is 0.0522. The van der Waals surface area contributed by atoms with Crippen LogP contribution in [0.4, 0.5) is 24.5 Å². The van der Waals surface area contributed by atoms with Crippen LogP contribution < -0.4 is 5.32 Å². The summed E-state index contributed by atoms with van der Waals surface area (Å²) in [4.78, 5) is 12.0. The highest BCUT2D eigenvalue weighted by Crippen LogP contribution is 2.30. The molecule has 1 amide bonds. The second-order valence-corrected chi connectivity index (χ2v) is 7.01. The number of anilines is 2. The minimum Gasteiger partial charge on any atom is -0.356 e. The monoisotopic (exact) mass is 366 g/mol. The molecule has 7 heteroatoms. The van der Waals surface area contributed by atoms with E-state index in [4.69, 9.17) is 0 Å². The quantitative estimate of drug-likeness (QED) is 0.577. The maximum atomic E-state index is 12.6. The van der Waals surface area contributed by atoms with Gasteiger partial charge in [0.2, 0.25) is 0 Å². The van der Waals surface area contributed by atoms with Crippen molar-refractivity contribution in [3.8, 4) is 0 Å². The predicted octanol–water partition coefficient (Wildman–Crippen LogP) is 5.21. The van der Waals surface area contributed by atoms with Gasteiger partial charge in [-0.3, -0.25) is 10.0 Å². The molecule has 2 aromatic carbocycles. The second kappa shape index (κ2) is 7.37. The van der Waals surface area contributed by atoms with Crippen LogP contribution >= 0.6 is 0 Å². The number of nitrogens with one attached hydrogen (secondary N) is 1. The number of nitrogens with zero attached hydrogens (tertiary/aromatic N) is 1. The number of alkyl halides is 3. The zero-order chi connectivity index (χ0) is 19.5. The number of hydroxylamine groups is 2. The number of hydrogen-bond donors (Lipinski definition) is 2. The zero-order valence-corrected chi connectivity index (χ0v) is 14.8. The van der Waals surface area contributed by atoms with E-state index in [0.29, 0.717) is 16.4 Å². The van der Waals surface area contributed by atoms with Crippen LogP contribution in [0.3, 0.4) is 0 Å². The molecule has 0 aliphatic heterocycles. The first-order chi connectivity index (χ1) is 12.0. The standard InChI is InChI=1S/C19H21F3N2O2/c1-18(2,3)17(25)24(26)12-13-4-8-15(9-5-13)23-16-10-6-14(7-11-16)19(20,21)22/h4-11,23,26H,12H2,1-3H3. The first kappa shape index (κ1) is 19.8. The maximum absolute atomic E-state index is 12.6. The minimum atomic E-state index is -4.36. The van der Waals surface area contributed by atoms with Crippen LogP contribution in [-0.2, 0) is 17.5 Å². The third-order valence-electron chi connectivity index (χ3n) is 3.66. The van der Waals surface area contributed by atoms with Crippen LogP contribution in [0, 0.1) is 5.41 Å². The van der Waals surface area contributed by atoms with E-state index in [0.717, 1.165) is 17.7 Å². The van der Waals surface area contributed by atoms with Crippen molar-refractivity contribution in [2.45, 2.75) is 33.5 Å². The van der Waals surface area contributed by atoms with Gasteiger partial charge in [-0.15, -0.1) is 0 Å². The normalized spacial score (nSPS) is 12.0. The van der Waals surface area contributed by atoms with Crippen LogP contribution in [-0.4, -0.2) is 16.2 Å². The lowest BCUT2D eigenvalue weighted by atomic mass is 9.95. The van der Waals surface area contributed by atoms with E-state index in [-0.39, 0.29) is 12.5 Å². The topological polar surface area (TPSA) is 52.6 Å². The van der Waals surface area contributed by atoms with E-state index in [1.165, 1.54) is 12.1 Å². The van der Waals surface area contributed by atoms with Gasteiger partial charge in [-0.1, -0.05) is 32.9 Å². The van der Waals surface area contributed by atoms with Crippen molar-refractivity contribution in [3.05, 3.63) is 59.7 Å². The number of carbonyl (C=O) groups is 1. The average molecular weight is 366 g/mol. The van der Waals surface area contributed by atoms with Gasteiger partial charge in [-0.2, -0.15) is 13.2 Å². The van der Waals surface area contributed by atoms with Gasteiger partial charge >= 0.3 is 6.18 Å². The summed E-state index contributed by atoms with van der Waals surface area (Å²) >= 11 is 0. The molecule has 0 heterocycles. The fourth-order valence-corrected chi connectivity index (χ4v) is 2.23. The number of benzene rings is 2. The molecule has 0 atom stereocenters. The van der Waals surface area contributed by atoms with Gasteiger partial charge in [0.1, 0.15) is 0 Å².